The predicted octanol–water partition coefficient (Wildman–Crippen LogP) is 4.27. The molecule has 16 heavy (non-hydrogen) atoms. The van der Waals surface area contributed by atoms with Crippen LogP contribution in [0.25, 0.3) is 9.75 Å². The Morgan fingerprint density at radius 3 is 1.69 bits per heavy atom. The molecule has 0 aromatic carbocycles. The first-order chi connectivity index (χ1) is 7.83. The molecule has 0 fully saturated rings. The van der Waals surface area contributed by atoms with E-state index in [1.54, 1.807) is 22.7 Å². The third-order valence-corrected chi connectivity index (χ3v) is 4.03. The van der Waals surface area contributed by atoms with E-state index < -0.39 is 0 Å². The van der Waals surface area contributed by atoms with Gasteiger partial charge in [-0.3, -0.25) is 0 Å². The van der Waals surface area contributed by atoms with Crippen LogP contribution in [-0.4, -0.2) is 13.2 Å². The molecule has 0 N–H and O–H groups in total. The van der Waals surface area contributed by atoms with E-state index in [0.29, 0.717) is 13.2 Å². The molecule has 0 radical (unpaired) electrons. The quantitative estimate of drug-likeness (QED) is 0.793. The molecule has 0 unspecified atom stereocenters. The van der Waals surface area contributed by atoms with E-state index >= 15 is 0 Å². The average Bonchev–Trinajstić information content (AvgIpc) is 2.87. The summed E-state index contributed by atoms with van der Waals surface area (Å²) in [7, 11) is 0. The van der Waals surface area contributed by atoms with E-state index in [9.17, 15) is 0 Å². The van der Waals surface area contributed by atoms with Gasteiger partial charge in [-0.2, -0.15) is 0 Å². The standard InChI is InChI=1S/C12H14O2S2/c1-3-13-9-5-11(15-7-9)12-6-10(8-16-12)14-4-2/h5-8H,3-4H2,1-2H3. The first-order valence-electron chi connectivity index (χ1n) is 5.26. The van der Waals surface area contributed by atoms with Crippen LogP contribution in [0.5, 0.6) is 11.5 Å². The second-order valence-corrected chi connectivity index (χ2v) is 4.98. The van der Waals surface area contributed by atoms with Crippen LogP contribution >= 0.6 is 22.7 Å². The third-order valence-electron chi connectivity index (χ3n) is 2.02. The topological polar surface area (TPSA) is 18.5 Å². The molecule has 2 aromatic heterocycles. The lowest BCUT2D eigenvalue weighted by molar-refractivity contribution is 0.341. The van der Waals surface area contributed by atoms with E-state index in [2.05, 4.69) is 12.1 Å². The highest BCUT2D eigenvalue weighted by Gasteiger charge is 2.06. The Hall–Kier alpha value is -1.000. The van der Waals surface area contributed by atoms with Gasteiger partial charge in [-0.1, -0.05) is 0 Å². The van der Waals surface area contributed by atoms with Crippen LogP contribution < -0.4 is 9.47 Å². The lowest BCUT2D eigenvalue weighted by Crippen LogP contribution is -1.88. The number of thiophene rings is 2. The monoisotopic (exact) mass is 254 g/mol. The molecule has 86 valence electrons. The Kier molecular flexibility index (Phi) is 3.85. The molecular formula is C12H14O2S2. The summed E-state index contributed by atoms with van der Waals surface area (Å²) in [6.07, 6.45) is 0. The molecule has 0 saturated carbocycles. The van der Waals surface area contributed by atoms with E-state index in [0.717, 1.165) is 11.5 Å². The maximum atomic E-state index is 5.45. The SMILES string of the molecule is CCOc1csc(-c2cc(OCC)cs2)c1. The molecule has 0 spiro atoms. The third kappa shape index (κ3) is 2.57. The van der Waals surface area contributed by atoms with Crippen LogP contribution in [0.1, 0.15) is 13.8 Å². The maximum absolute atomic E-state index is 5.45. The summed E-state index contributed by atoms with van der Waals surface area (Å²) in [5.41, 5.74) is 0. The van der Waals surface area contributed by atoms with Gasteiger partial charge in [-0.15, -0.1) is 22.7 Å². The summed E-state index contributed by atoms with van der Waals surface area (Å²) in [6.45, 7) is 5.42. The Labute approximate surface area is 103 Å². The summed E-state index contributed by atoms with van der Waals surface area (Å²) in [6, 6.07) is 4.16. The fourth-order valence-electron chi connectivity index (χ4n) is 1.38. The van der Waals surface area contributed by atoms with Gasteiger partial charge in [0, 0.05) is 20.5 Å². The van der Waals surface area contributed by atoms with Gasteiger partial charge in [0.1, 0.15) is 11.5 Å². The smallest absolute Gasteiger partial charge is 0.130 e. The van der Waals surface area contributed by atoms with Gasteiger partial charge in [0.2, 0.25) is 0 Å². The van der Waals surface area contributed by atoms with Crippen LogP contribution in [0, 0.1) is 0 Å². The van der Waals surface area contributed by atoms with Crippen molar-refractivity contribution < 1.29 is 9.47 Å². The van der Waals surface area contributed by atoms with Crippen LogP contribution in [0.3, 0.4) is 0 Å². The van der Waals surface area contributed by atoms with Crippen LogP contribution in [0.2, 0.25) is 0 Å². The van der Waals surface area contributed by atoms with Gasteiger partial charge in [-0.05, 0) is 26.0 Å². The molecule has 2 nitrogen and oxygen atoms in total. The first-order valence-corrected chi connectivity index (χ1v) is 7.02. The van der Waals surface area contributed by atoms with Crippen molar-refractivity contribution in [3.8, 4) is 21.3 Å². The lowest BCUT2D eigenvalue weighted by Gasteiger charge is -1.96. The van der Waals surface area contributed by atoms with Crippen molar-refractivity contribution >= 4 is 22.7 Å². The minimum Gasteiger partial charge on any atom is -0.493 e. The van der Waals surface area contributed by atoms with Crippen molar-refractivity contribution in [3.63, 3.8) is 0 Å². The Morgan fingerprint density at radius 2 is 1.31 bits per heavy atom. The summed E-state index contributed by atoms with van der Waals surface area (Å²) in [4.78, 5) is 2.47. The molecule has 0 aliphatic heterocycles. The van der Waals surface area contributed by atoms with Crippen LogP contribution in [0.4, 0.5) is 0 Å². The summed E-state index contributed by atoms with van der Waals surface area (Å²) in [5.74, 6) is 1.91. The molecule has 0 atom stereocenters. The second-order valence-electron chi connectivity index (χ2n) is 3.16. The molecule has 0 bridgehead atoms. The number of ether oxygens (including phenoxy) is 2. The van der Waals surface area contributed by atoms with Gasteiger partial charge < -0.3 is 9.47 Å². The van der Waals surface area contributed by atoms with Crippen molar-refractivity contribution in [3.05, 3.63) is 22.9 Å². The highest BCUT2D eigenvalue weighted by Crippen LogP contribution is 2.37. The highest BCUT2D eigenvalue weighted by molar-refractivity contribution is 7.20. The Bertz CT molecular complexity index is 403. The largest absolute Gasteiger partial charge is 0.493 e. The fraction of sp³-hybridized carbons (Fsp3) is 0.333. The summed E-state index contributed by atoms with van der Waals surface area (Å²) in [5, 5.41) is 4.08. The molecule has 0 aliphatic rings. The number of hydrogen-bond acceptors (Lipinski definition) is 4. The lowest BCUT2D eigenvalue weighted by atomic mass is 10.3. The molecule has 0 aliphatic carbocycles. The normalized spacial score (nSPS) is 10.4. The van der Waals surface area contributed by atoms with Crippen molar-refractivity contribution in [1.29, 1.82) is 0 Å². The van der Waals surface area contributed by atoms with Crippen molar-refractivity contribution in [2.45, 2.75) is 13.8 Å². The molecule has 2 aromatic rings. The van der Waals surface area contributed by atoms with Gasteiger partial charge in [0.25, 0.3) is 0 Å². The first kappa shape index (κ1) is 11.5. The molecular weight excluding hydrogens is 240 g/mol. The zero-order valence-corrected chi connectivity index (χ0v) is 11.0. The van der Waals surface area contributed by atoms with E-state index in [4.69, 9.17) is 9.47 Å². The second kappa shape index (κ2) is 5.37. The number of hydrogen-bond donors (Lipinski definition) is 0. The van der Waals surface area contributed by atoms with Gasteiger partial charge in [0.05, 0.1) is 13.2 Å². The fourth-order valence-corrected chi connectivity index (χ4v) is 3.15. The van der Waals surface area contributed by atoms with Crippen LogP contribution in [0.15, 0.2) is 22.9 Å². The number of rotatable bonds is 5. The molecule has 0 amide bonds. The van der Waals surface area contributed by atoms with Crippen molar-refractivity contribution in [2.75, 3.05) is 13.2 Å². The predicted molar refractivity (Wildman–Crippen MR) is 70.0 cm³/mol. The minimum atomic E-state index is 0.713. The molecule has 2 rings (SSSR count). The van der Waals surface area contributed by atoms with Gasteiger partial charge >= 0.3 is 0 Å². The van der Waals surface area contributed by atoms with Gasteiger partial charge in [-0.25, -0.2) is 0 Å². The Balaban J connectivity index is 2.14. The minimum absolute atomic E-state index is 0.713. The zero-order valence-electron chi connectivity index (χ0n) is 9.36. The van der Waals surface area contributed by atoms with Crippen LogP contribution in [-0.2, 0) is 0 Å². The molecule has 4 heteroatoms. The van der Waals surface area contributed by atoms with Crippen molar-refractivity contribution in [1.82, 2.24) is 0 Å². The highest BCUT2D eigenvalue weighted by atomic mass is 32.1. The van der Waals surface area contributed by atoms with Crippen molar-refractivity contribution in [2.24, 2.45) is 0 Å². The van der Waals surface area contributed by atoms with E-state index in [1.165, 1.54) is 9.75 Å². The summed E-state index contributed by atoms with van der Waals surface area (Å²) < 4.78 is 10.9. The van der Waals surface area contributed by atoms with E-state index in [1.807, 2.05) is 24.6 Å². The van der Waals surface area contributed by atoms with Gasteiger partial charge in [0.15, 0.2) is 0 Å². The summed E-state index contributed by atoms with van der Waals surface area (Å²) >= 11 is 3.41. The average molecular weight is 254 g/mol. The maximum Gasteiger partial charge on any atom is 0.130 e. The van der Waals surface area contributed by atoms with E-state index in [-0.39, 0.29) is 0 Å². The Morgan fingerprint density at radius 1 is 0.875 bits per heavy atom. The molecule has 0 saturated heterocycles. The molecule has 2 heterocycles. The zero-order chi connectivity index (χ0) is 11.4.